The van der Waals surface area contributed by atoms with Crippen molar-refractivity contribution < 1.29 is 14.4 Å². The minimum Gasteiger partial charge on any atom is -0.351 e. The molecule has 1 aliphatic carbocycles. The highest BCUT2D eigenvalue weighted by Gasteiger charge is 2.42. The summed E-state index contributed by atoms with van der Waals surface area (Å²) in [4.78, 5) is 45.3. The third-order valence-electron chi connectivity index (χ3n) is 5.06. The molecule has 6 nitrogen and oxygen atoms in total. The predicted octanol–water partition coefficient (Wildman–Crippen LogP) is 2.46. The molecular weight excluding hydrogens is 342 g/mol. The third kappa shape index (κ3) is 3.94. The third-order valence-corrected chi connectivity index (χ3v) is 5.06. The normalized spacial score (nSPS) is 19.4. The Morgan fingerprint density at radius 2 is 1.85 bits per heavy atom. The van der Waals surface area contributed by atoms with Gasteiger partial charge in [0.2, 0.25) is 0 Å². The molecule has 0 saturated heterocycles. The van der Waals surface area contributed by atoms with Crippen molar-refractivity contribution in [3.63, 3.8) is 0 Å². The topological polar surface area (TPSA) is 89.0 Å². The number of hydrogen-bond acceptors (Lipinski definition) is 5. The minimum absolute atomic E-state index is 0.0275. The summed E-state index contributed by atoms with van der Waals surface area (Å²) in [7, 11) is 0. The van der Waals surface area contributed by atoms with Crippen LogP contribution in [0.15, 0.2) is 30.7 Å². The highest BCUT2D eigenvalue weighted by atomic mass is 16.2. The van der Waals surface area contributed by atoms with E-state index in [1.807, 2.05) is 32.9 Å². The van der Waals surface area contributed by atoms with Gasteiger partial charge in [0.25, 0.3) is 5.91 Å². The van der Waals surface area contributed by atoms with E-state index in [0.29, 0.717) is 13.0 Å². The van der Waals surface area contributed by atoms with E-state index in [1.54, 1.807) is 0 Å². The van der Waals surface area contributed by atoms with E-state index in [-0.39, 0.29) is 35.5 Å². The van der Waals surface area contributed by atoms with Gasteiger partial charge in [0.1, 0.15) is 17.4 Å². The lowest BCUT2D eigenvalue weighted by Crippen LogP contribution is -2.28. The highest BCUT2D eigenvalue weighted by molar-refractivity contribution is 6.15. The molecule has 1 aromatic carbocycles. The molecule has 1 N–H and O–H groups in total. The average Bonchev–Trinajstić information content (AvgIpc) is 2.89. The van der Waals surface area contributed by atoms with Crippen LogP contribution in [-0.4, -0.2) is 34.0 Å². The van der Waals surface area contributed by atoms with Crippen LogP contribution >= 0.6 is 0 Å². The summed E-state index contributed by atoms with van der Waals surface area (Å²) in [6.07, 6.45) is 5.01. The number of aromatic nitrogens is 2. The lowest BCUT2D eigenvalue weighted by molar-refractivity contribution is -0.124. The lowest BCUT2D eigenvalue weighted by Gasteiger charge is -2.16. The number of nitrogens with one attached hydrogen (secondary N) is 1. The predicted molar refractivity (Wildman–Crippen MR) is 100 cm³/mol. The van der Waals surface area contributed by atoms with Gasteiger partial charge in [-0.25, -0.2) is 4.98 Å². The number of rotatable bonds is 5. The van der Waals surface area contributed by atoms with Crippen LogP contribution in [0.25, 0.3) is 0 Å². The Morgan fingerprint density at radius 3 is 2.48 bits per heavy atom. The van der Waals surface area contributed by atoms with E-state index in [2.05, 4.69) is 15.3 Å². The molecule has 1 aromatic heterocycles. The van der Waals surface area contributed by atoms with Crippen molar-refractivity contribution in [2.75, 3.05) is 6.54 Å². The van der Waals surface area contributed by atoms with Gasteiger partial charge >= 0.3 is 0 Å². The molecular formula is C21H23N3O3. The molecule has 1 fully saturated rings. The first kappa shape index (κ1) is 18.9. The van der Waals surface area contributed by atoms with Crippen molar-refractivity contribution in [1.29, 1.82) is 0 Å². The van der Waals surface area contributed by atoms with Crippen LogP contribution in [0.2, 0.25) is 0 Å². The first-order valence-corrected chi connectivity index (χ1v) is 9.07. The number of hydrogen-bond donors (Lipinski definition) is 1. The maximum Gasteiger partial charge on any atom is 0.271 e. The van der Waals surface area contributed by atoms with Crippen LogP contribution in [0.5, 0.6) is 0 Å². The molecule has 1 saturated carbocycles. The first-order valence-electron chi connectivity index (χ1n) is 9.07. The molecule has 0 spiro atoms. The number of aryl methyl sites for hydroxylation is 3. The summed E-state index contributed by atoms with van der Waals surface area (Å²) in [5, 5.41) is 2.74. The van der Waals surface area contributed by atoms with Crippen LogP contribution in [0.4, 0.5) is 0 Å². The Kier molecular flexibility index (Phi) is 5.44. The number of Topliss-reactive ketones (excluding diaryl/α,β-unsaturated/α-hetero) is 2. The quantitative estimate of drug-likeness (QED) is 0.822. The fraction of sp³-hybridized carbons (Fsp3) is 0.381. The Bertz CT molecular complexity index is 870. The Labute approximate surface area is 158 Å². The molecule has 0 bridgehead atoms. The summed E-state index contributed by atoms with van der Waals surface area (Å²) in [5.74, 6) is -1.43. The van der Waals surface area contributed by atoms with E-state index < -0.39 is 5.92 Å². The minimum atomic E-state index is -0.675. The van der Waals surface area contributed by atoms with Crippen molar-refractivity contribution in [3.8, 4) is 0 Å². The second-order valence-electron chi connectivity index (χ2n) is 7.15. The summed E-state index contributed by atoms with van der Waals surface area (Å²) < 4.78 is 0. The van der Waals surface area contributed by atoms with Gasteiger partial charge in [-0.1, -0.05) is 17.7 Å². The molecule has 2 aromatic rings. The standard InChI is InChI=1S/C21H23N3O3/c1-12-8-13(2)18(14(3)9-12)19-17(25)10-15(20(19)26)4-5-24-21(27)16-11-22-6-7-23-16/h6-9,11,15,19H,4-5,10H2,1-3H3,(H,24,27). The molecule has 6 heteroatoms. The zero-order valence-corrected chi connectivity index (χ0v) is 15.8. The van der Waals surface area contributed by atoms with Crippen LogP contribution in [0.1, 0.15) is 51.5 Å². The number of carbonyl (C=O) groups is 3. The van der Waals surface area contributed by atoms with Crippen molar-refractivity contribution in [2.24, 2.45) is 5.92 Å². The number of carbonyl (C=O) groups excluding carboxylic acids is 3. The molecule has 1 amide bonds. The summed E-state index contributed by atoms with van der Waals surface area (Å²) in [6, 6.07) is 4.02. The second-order valence-corrected chi connectivity index (χ2v) is 7.15. The number of ketones is 2. The summed E-state index contributed by atoms with van der Waals surface area (Å²) in [5.41, 5.74) is 4.17. The number of amides is 1. The molecule has 0 radical (unpaired) electrons. The van der Waals surface area contributed by atoms with Gasteiger partial charge in [0, 0.05) is 31.3 Å². The van der Waals surface area contributed by atoms with E-state index in [1.165, 1.54) is 18.6 Å². The van der Waals surface area contributed by atoms with Crippen molar-refractivity contribution in [3.05, 3.63) is 58.7 Å². The smallest absolute Gasteiger partial charge is 0.271 e. The molecule has 1 aliphatic rings. The second kappa shape index (κ2) is 7.78. The molecule has 1 heterocycles. The van der Waals surface area contributed by atoms with Crippen LogP contribution in [0.3, 0.4) is 0 Å². The molecule has 3 rings (SSSR count). The highest BCUT2D eigenvalue weighted by Crippen LogP contribution is 2.37. The van der Waals surface area contributed by atoms with Crippen LogP contribution in [-0.2, 0) is 9.59 Å². The molecule has 0 aliphatic heterocycles. The Balaban J connectivity index is 1.66. The molecule has 2 atom stereocenters. The van der Waals surface area contributed by atoms with Gasteiger partial charge < -0.3 is 5.32 Å². The SMILES string of the molecule is Cc1cc(C)c(C2C(=O)CC(CCNC(=O)c3cnccn3)C2=O)c(C)c1. The Morgan fingerprint density at radius 1 is 1.15 bits per heavy atom. The first-order chi connectivity index (χ1) is 12.9. The van der Waals surface area contributed by atoms with E-state index >= 15 is 0 Å². The Hall–Kier alpha value is -2.89. The zero-order chi connectivity index (χ0) is 19.6. The van der Waals surface area contributed by atoms with Crippen molar-refractivity contribution in [2.45, 2.75) is 39.5 Å². The van der Waals surface area contributed by atoms with Crippen LogP contribution in [0, 0.1) is 26.7 Å². The largest absolute Gasteiger partial charge is 0.351 e. The van der Waals surface area contributed by atoms with Gasteiger partial charge in [-0.05, 0) is 43.9 Å². The van der Waals surface area contributed by atoms with Crippen molar-refractivity contribution >= 4 is 17.5 Å². The zero-order valence-electron chi connectivity index (χ0n) is 15.8. The summed E-state index contributed by atoms with van der Waals surface area (Å²) in [6.45, 7) is 6.22. The van der Waals surface area contributed by atoms with Gasteiger partial charge in [-0.3, -0.25) is 19.4 Å². The van der Waals surface area contributed by atoms with Gasteiger partial charge in [0.05, 0.1) is 6.20 Å². The number of nitrogens with zero attached hydrogens (tertiary/aromatic N) is 2. The maximum atomic E-state index is 12.9. The van der Waals surface area contributed by atoms with E-state index in [4.69, 9.17) is 0 Å². The van der Waals surface area contributed by atoms with Crippen LogP contribution < -0.4 is 5.32 Å². The fourth-order valence-electron chi connectivity index (χ4n) is 3.92. The van der Waals surface area contributed by atoms with Gasteiger partial charge in [-0.2, -0.15) is 0 Å². The van der Waals surface area contributed by atoms with Gasteiger partial charge in [0.15, 0.2) is 5.78 Å². The number of benzene rings is 1. The lowest BCUT2D eigenvalue weighted by atomic mass is 9.86. The maximum absolute atomic E-state index is 12.9. The van der Waals surface area contributed by atoms with Gasteiger partial charge in [-0.15, -0.1) is 0 Å². The molecule has 2 unspecified atom stereocenters. The van der Waals surface area contributed by atoms with E-state index in [0.717, 1.165) is 22.3 Å². The summed E-state index contributed by atoms with van der Waals surface area (Å²) >= 11 is 0. The monoisotopic (exact) mass is 365 g/mol. The van der Waals surface area contributed by atoms with E-state index in [9.17, 15) is 14.4 Å². The molecule has 140 valence electrons. The fourth-order valence-corrected chi connectivity index (χ4v) is 3.92. The van der Waals surface area contributed by atoms with Crippen molar-refractivity contribution in [1.82, 2.24) is 15.3 Å². The molecule has 27 heavy (non-hydrogen) atoms. The average molecular weight is 365 g/mol.